The van der Waals surface area contributed by atoms with Crippen LogP contribution in [-0.2, 0) is 11.3 Å². The first kappa shape index (κ1) is 12.7. The minimum absolute atomic E-state index is 0.0246. The van der Waals surface area contributed by atoms with Crippen molar-refractivity contribution in [3.8, 4) is 12.3 Å². The Kier molecular flexibility index (Phi) is 4.01. The van der Waals surface area contributed by atoms with E-state index in [1.807, 2.05) is 25.1 Å². The third kappa shape index (κ3) is 2.72. The normalized spacial score (nSPS) is 19.4. The molecule has 0 radical (unpaired) electrons. The number of hydrogen-bond donors (Lipinski definition) is 2. The molecule has 1 amide bonds. The third-order valence-electron chi connectivity index (χ3n) is 3.22. The van der Waals surface area contributed by atoms with E-state index in [0.717, 1.165) is 12.1 Å². The molecule has 3 nitrogen and oxygen atoms in total. The van der Waals surface area contributed by atoms with Crippen LogP contribution in [0.15, 0.2) is 24.3 Å². The zero-order valence-electron chi connectivity index (χ0n) is 10.6. The topological polar surface area (TPSA) is 41.1 Å². The molecular weight excluding hydrogens is 224 g/mol. The summed E-state index contributed by atoms with van der Waals surface area (Å²) >= 11 is 0. The summed E-state index contributed by atoms with van der Waals surface area (Å²) in [5.41, 5.74) is 2.33. The average Bonchev–Trinajstić information content (AvgIpc) is 2.38. The van der Waals surface area contributed by atoms with Gasteiger partial charge in [-0.05, 0) is 18.1 Å². The highest BCUT2D eigenvalue weighted by Crippen LogP contribution is 2.23. The van der Waals surface area contributed by atoms with Gasteiger partial charge in [-0.1, -0.05) is 24.3 Å². The van der Waals surface area contributed by atoms with Crippen LogP contribution in [-0.4, -0.2) is 18.5 Å². The highest BCUT2D eigenvalue weighted by atomic mass is 16.2. The van der Waals surface area contributed by atoms with E-state index >= 15 is 0 Å². The first-order valence-corrected chi connectivity index (χ1v) is 6.24. The number of terminal acetylenes is 1. The fourth-order valence-electron chi connectivity index (χ4n) is 2.30. The highest BCUT2D eigenvalue weighted by molar-refractivity contribution is 5.84. The summed E-state index contributed by atoms with van der Waals surface area (Å²) in [6.07, 6.45) is 5.81. The van der Waals surface area contributed by atoms with E-state index in [2.05, 4.69) is 22.6 Å². The monoisotopic (exact) mass is 242 g/mol. The van der Waals surface area contributed by atoms with Crippen molar-refractivity contribution >= 4 is 5.91 Å². The molecule has 0 bridgehead atoms. The number of amides is 1. The zero-order valence-corrected chi connectivity index (χ0v) is 10.6. The molecule has 0 aliphatic carbocycles. The predicted molar refractivity (Wildman–Crippen MR) is 71.9 cm³/mol. The van der Waals surface area contributed by atoms with Gasteiger partial charge in [0.2, 0.25) is 5.91 Å². The maximum Gasteiger partial charge on any atom is 0.229 e. The van der Waals surface area contributed by atoms with Crippen LogP contribution in [0.5, 0.6) is 0 Å². The van der Waals surface area contributed by atoms with E-state index in [-0.39, 0.29) is 17.9 Å². The van der Waals surface area contributed by atoms with Gasteiger partial charge in [0.1, 0.15) is 0 Å². The average molecular weight is 242 g/mol. The molecular formula is C15H18N2O. The number of fused-ring (bicyclic) bond motifs is 1. The molecule has 18 heavy (non-hydrogen) atoms. The molecule has 0 spiro atoms. The van der Waals surface area contributed by atoms with E-state index in [1.165, 1.54) is 5.56 Å². The van der Waals surface area contributed by atoms with Gasteiger partial charge in [-0.3, -0.25) is 4.79 Å². The van der Waals surface area contributed by atoms with Crippen LogP contribution >= 0.6 is 0 Å². The Hall–Kier alpha value is -1.79. The first-order chi connectivity index (χ1) is 8.72. The summed E-state index contributed by atoms with van der Waals surface area (Å²) in [4.78, 5) is 12.2. The van der Waals surface area contributed by atoms with Crippen molar-refractivity contribution in [3.05, 3.63) is 35.4 Å². The van der Waals surface area contributed by atoms with Crippen molar-refractivity contribution in [1.82, 2.24) is 10.6 Å². The SMILES string of the molecule is C#CCC(C)NC(=O)C1CNCc2ccccc21. The maximum atomic E-state index is 12.2. The van der Waals surface area contributed by atoms with Gasteiger partial charge in [-0.25, -0.2) is 0 Å². The van der Waals surface area contributed by atoms with Gasteiger partial charge in [0.15, 0.2) is 0 Å². The fourth-order valence-corrected chi connectivity index (χ4v) is 2.30. The van der Waals surface area contributed by atoms with E-state index in [9.17, 15) is 4.79 Å². The molecule has 94 valence electrons. The lowest BCUT2D eigenvalue weighted by atomic mass is 9.90. The van der Waals surface area contributed by atoms with Crippen LogP contribution in [0.4, 0.5) is 0 Å². The Morgan fingerprint density at radius 1 is 1.61 bits per heavy atom. The van der Waals surface area contributed by atoms with Crippen molar-refractivity contribution in [3.63, 3.8) is 0 Å². The summed E-state index contributed by atoms with van der Waals surface area (Å²) in [6.45, 7) is 3.45. The smallest absolute Gasteiger partial charge is 0.229 e. The molecule has 2 atom stereocenters. The number of nitrogens with one attached hydrogen (secondary N) is 2. The lowest BCUT2D eigenvalue weighted by Crippen LogP contribution is -2.42. The van der Waals surface area contributed by atoms with Gasteiger partial charge in [0.25, 0.3) is 0 Å². The molecule has 0 fully saturated rings. The van der Waals surface area contributed by atoms with Crippen LogP contribution in [0.1, 0.15) is 30.4 Å². The summed E-state index contributed by atoms with van der Waals surface area (Å²) in [5, 5.41) is 6.25. The highest BCUT2D eigenvalue weighted by Gasteiger charge is 2.26. The van der Waals surface area contributed by atoms with E-state index in [4.69, 9.17) is 6.42 Å². The molecule has 0 aromatic heterocycles. The molecule has 0 saturated carbocycles. The predicted octanol–water partition coefficient (Wildman–Crippen LogP) is 1.40. The minimum atomic E-state index is -0.116. The quantitative estimate of drug-likeness (QED) is 0.787. The molecule has 2 N–H and O–H groups in total. The number of benzene rings is 1. The van der Waals surface area contributed by atoms with Crippen LogP contribution in [0.2, 0.25) is 0 Å². The standard InChI is InChI=1S/C15H18N2O/c1-3-6-11(2)17-15(18)14-10-16-9-12-7-4-5-8-13(12)14/h1,4-5,7-8,11,14,16H,6,9-10H2,2H3,(H,17,18). The summed E-state index contributed by atoms with van der Waals surface area (Å²) in [6, 6.07) is 8.10. The van der Waals surface area contributed by atoms with Crippen molar-refractivity contribution in [1.29, 1.82) is 0 Å². The second-order valence-electron chi connectivity index (χ2n) is 4.70. The van der Waals surface area contributed by atoms with Gasteiger partial charge in [0.05, 0.1) is 5.92 Å². The molecule has 1 aliphatic rings. The van der Waals surface area contributed by atoms with Crippen LogP contribution < -0.4 is 10.6 Å². The number of carbonyl (C=O) groups is 1. The minimum Gasteiger partial charge on any atom is -0.352 e. The van der Waals surface area contributed by atoms with Gasteiger partial charge in [-0.2, -0.15) is 0 Å². The maximum absolute atomic E-state index is 12.2. The summed E-state index contributed by atoms with van der Waals surface area (Å²) in [5.74, 6) is 2.50. The van der Waals surface area contributed by atoms with Crippen molar-refractivity contribution in [2.24, 2.45) is 0 Å². The summed E-state index contributed by atoms with van der Waals surface area (Å²) in [7, 11) is 0. The van der Waals surface area contributed by atoms with Crippen LogP contribution in [0, 0.1) is 12.3 Å². The number of carbonyl (C=O) groups excluding carboxylic acids is 1. The Balaban J connectivity index is 2.11. The molecule has 1 aromatic rings. The van der Waals surface area contributed by atoms with Crippen molar-refractivity contribution in [2.75, 3.05) is 6.54 Å². The van der Waals surface area contributed by atoms with Gasteiger partial charge >= 0.3 is 0 Å². The van der Waals surface area contributed by atoms with Crippen LogP contribution in [0.3, 0.4) is 0 Å². The van der Waals surface area contributed by atoms with Gasteiger partial charge < -0.3 is 10.6 Å². The zero-order chi connectivity index (χ0) is 13.0. The molecule has 2 rings (SSSR count). The number of hydrogen-bond acceptors (Lipinski definition) is 2. The largest absolute Gasteiger partial charge is 0.352 e. The third-order valence-corrected chi connectivity index (χ3v) is 3.22. The molecule has 1 aromatic carbocycles. The lowest BCUT2D eigenvalue weighted by Gasteiger charge is -2.26. The van der Waals surface area contributed by atoms with Crippen LogP contribution in [0.25, 0.3) is 0 Å². The Labute approximate surface area is 108 Å². The Morgan fingerprint density at radius 2 is 2.39 bits per heavy atom. The second kappa shape index (κ2) is 5.70. The molecule has 2 unspecified atom stereocenters. The number of rotatable bonds is 3. The second-order valence-corrected chi connectivity index (χ2v) is 4.70. The van der Waals surface area contributed by atoms with E-state index in [0.29, 0.717) is 13.0 Å². The first-order valence-electron chi connectivity index (χ1n) is 6.24. The van der Waals surface area contributed by atoms with E-state index < -0.39 is 0 Å². The van der Waals surface area contributed by atoms with Gasteiger partial charge in [0, 0.05) is 25.6 Å². The van der Waals surface area contributed by atoms with Crippen molar-refractivity contribution < 1.29 is 4.79 Å². The molecule has 3 heteroatoms. The molecule has 1 aliphatic heterocycles. The molecule has 0 saturated heterocycles. The molecule has 1 heterocycles. The lowest BCUT2D eigenvalue weighted by molar-refractivity contribution is -0.123. The van der Waals surface area contributed by atoms with E-state index in [1.54, 1.807) is 0 Å². The summed E-state index contributed by atoms with van der Waals surface area (Å²) < 4.78 is 0. The Morgan fingerprint density at radius 3 is 3.17 bits per heavy atom. The Bertz CT molecular complexity index is 476. The van der Waals surface area contributed by atoms with Gasteiger partial charge in [-0.15, -0.1) is 12.3 Å². The fraction of sp³-hybridized carbons (Fsp3) is 0.400. The van der Waals surface area contributed by atoms with Crippen molar-refractivity contribution in [2.45, 2.75) is 31.8 Å².